The van der Waals surface area contributed by atoms with Crippen molar-refractivity contribution in [3.05, 3.63) is 56.4 Å². The van der Waals surface area contributed by atoms with Crippen molar-refractivity contribution in [2.24, 2.45) is 0 Å². The van der Waals surface area contributed by atoms with Crippen molar-refractivity contribution in [3.8, 4) is 5.75 Å². The number of halogens is 1. The Morgan fingerprint density at radius 1 is 1.41 bits per heavy atom. The zero-order valence-electron chi connectivity index (χ0n) is 9.24. The van der Waals surface area contributed by atoms with E-state index in [0.717, 1.165) is 17.0 Å². The molecule has 0 aliphatic rings. The molecule has 0 spiro atoms. The summed E-state index contributed by atoms with van der Waals surface area (Å²) >= 11 is 3.18. The Bertz CT molecular complexity index is 581. The first-order valence-corrected chi connectivity index (χ1v) is 5.86. The van der Waals surface area contributed by atoms with Gasteiger partial charge in [-0.25, -0.2) is 5.10 Å². The van der Waals surface area contributed by atoms with E-state index in [-0.39, 0.29) is 5.56 Å². The molecule has 17 heavy (non-hydrogen) atoms. The van der Waals surface area contributed by atoms with Crippen LogP contribution in [0.4, 0.5) is 0 Å². The minimum Gasteiger partial charge on any atom is -0.496 e. The van der Waals surface area contributed by atoms with Crippen molar-refractivity contribution in [1.29, 1.82) is 0 Å². The van der Waals surface area contributed by atoms with Gasteiger partial charge in [0, 0.05) is 12.0 Å². The van der Waals surface area contributed by atoms with Gasteiger partial charge in [-0.2, -0.15) is 5.10 Å². The van der Waals surface area contributed by atoms with E-state index in [1.165, 1.54) is 0 Å². The van der Waals surface area contributed by atoms with Gasteiger partial charge in [0.2, 0.25) is 0 Å². The number of hydrogen-bond donors (Lipinski definition) is 1. The highest BCUT2D eigenvalue weighted by Crippen LogP contribution is 2.20. The second-order valence-electron chi connectivity index (χ2n) is 3.52. The summed E-state index contributed by atoms with van der Waals surface area (Å²) in [5.74, 6) is 0.816. The van der Waals surface area contributed by atoms with Gasteiger partial charge in [-0.05, 0) is 28.1 Å². The standard InChI is InChI=1S/C12H11BrN2O2/c1-17-11-5-3-2-4-8(11)6-9-7-10(13)12(16)15-14-9/h2-5,7H,6H2,1H3,(H,15,16). The summed E-state index contributed by atoms with van der Waals surface area (Å²) in [6.07, 6.45) is 0.611. The summed E-state index contributed by atoms with van der Waals surface area (Å²) in [5, 5.41) is 6.42. The molecule has 0 fully saturated rings. The molecule has 1 N–H and O–H groups in total. The zero-order chi connectivity index (χ0) is 12.3. The number of methoxy groups -OCH3 is 1. The molecule has 0 bridgehead atoms. The van der Waals surface area contributed by atoms with Crippen LogP contribution in [0.2, 0.25) is 0 Å². The molecule has 2 aromatic rings. The maximum absolute atomic E-state index is 11.2. The van der Waals surface area contributed by atoms with Crippen molar-refractivity contribution in [1.82, 2.24) is 10.2 Å². The lowest BCUT2D eigenvalue weighted by molar-refractivity contribution is 0.410. The van der Waals surface area contributed by atoms with Crippen LogP contribution < -0.4 is 10.3 Å². The first-order valence-electron chi connectivity index (χ1n) is 5.06. The molecule has 0 atom stereocenters. The van der Waals surface area contributed by atoms with Crippen LogP contribution in [0, 0.1) is 0 Å². The molecule has 1 aromatic heterocycles. The second-order valence-corrected chi connectivity index (χ2v) is 4.38. The van der Waals surface area contributed by atoms with Gasteiger partial charge < -0.3 is 4.74 Å². The Kier molecular flexibility index (Phi) is 3.58. The maximum atomic E-state index is 11.2. The minimum atomic E-state index is -0.228. The van der Waals surface area contributed by atoms with Crippen molar-refractivity contribution < 1.29 is 4.74 Å². The number of H-pyrrole nitrogens is 1. The third-order valence-corrected chi connectivity index (χ3v) is 2.96. The fourth-order valence-electron chi connectivity index (χ4n) is 1.55. The Morgan fingerprint density at radius 3 is 2.88 bits per heavy atom. The average molecular weight is 295 g/mol. The first-order chi connectivity index (χ1) is 8.20. The SMILES string of the molecule is COc1ccccc1Cc1cc(Br)c(=O)[nH]n1. The highest BCUT2D eigenvalue weighted by Gasteiger charge is 2.05. The Balaban J connectivity index is 2.31. The normalized spacial score (nSPS) is 10.2. The average Bonchev–Trinajstić information content (AvgIpc) is 2.34. The van der Waals surface area contributed by atoms with Crippen LogP contribution in [-0.4, -0.2) is 17.3 Å². The molecule has 1 heterocycles. The van der Waals surface area contributed by atoms with Gasteiger partial charge in [-0.1, -0.05) is 18.2 Å². The predicted octanol–water partition coefficient (Wildman–Crippen LogP) is 2.13. The molecule has 0 saturated carbocycles. The molecular formula is C12H11BrN2O2. The Hall–Kier alpha value is -1.62. The summed E-state index contributed by atoms with van der Waals surface area (Å²) < 4.78 is 5.74. The van der Waals surface area contributed by atoms with E-state index in [1.807, 2.05) is 24.3 Å². The number of rotatable bonds is 3. The topological polar surface area (TPSA) is 55.0 Å². The van der Waals surface area contributed by atoms with E-state index in [9.17, 15) is 4.79 Å². The smallest absolute Gasteiger partial charge is 0.278 e. The molecule has 0 aliphatic heterocycles. The number of ether oxygens (including phenoxy) is 1. The largest absolute Gasteiger partial charge is 0.496 e. The molecule has 88 valence electrons. The Labute approximate surface area is 107 Å². The highest BCUT2D eigenvalue weighted by atomic mass is 79.9. The number of para-hydroxylation sites is 1. The molecule has 0 amide bonds. The molecule has 0 radical (unpaired) electrons. The van der Waals surface area contributed by atoms with Crippen molar-refractivity contribution >= 4 is 15.9 Å². The lowest BCUT2D eigenvalue weighted by atomic mass is 10.1. The summed E-state index contributed by atoms with van der Waals surface area (Å²) in [6, 6.07) is 9.44. The highest BCUT2D eigenvalue weighted by molar-refractivity contribution is 9.10. The van der Waals surface area contributed by atoms with E-state index in [0.29, 0.717) is 10.9 Å². The van der Waals surface area contributed by atoms with E-state index < -0.39 is 0 Å². The summed E-state index contributed by atoms with van der Waals surface area (Å²) in [6.45, 7) is 0. The summed E-state index contributed by atoms with van der Waals surface area (Å²) in [7, 11) is 1.63. The van der Waals surface area contributed by atoms with Gasteiger partial charge in [-0.15, -0.1) is 0 Å². The van der Waals surface area contributed by atoms with Crippen LogP contribution >= 0.6 is 15.9 Å². The molecule has 4 nitrogen and oxygen atoms in total. The monoisotopic (exact) mass is 294 g/mol. The minimum absolute atomic E-state index is 0.228. The number of nitrogens with one attached hydrogen (secondary N) is 1. The van der Waals surface area contributed by atoms with Gasteiger partial charge in [0.15, 0.2) is 0 Å². The molecular weight excluding hydrogens is 284 g/mol. The van der Waals surface area contributed by atoms with Crippen LogP contribution in [0.5, 0.6) is 5.75 Å². The van der Waals surface area contributed by atoms with Crippen LogP contribution in [0.25, 0.3) is 0 Å². The number of benzene rings is 1. The maximum Gasteiger partial charge on any atom is 0.278 e. The van der Waals surface area contributed by atoms with Gasteiger partial charge in [0.1, 0.15) is 5.75 Å². The first kappa shape index (κ1) is 11.9. The van der Waals surface area contributed by atoms with Crippen LogP contribution in [-0.2, 0) is 6.42 Å². The molecule has 0 saturated heterocycles. The van der Waals surface area contributed by atoms with E-state index in [1.54, 1.807) is 13.2 Å². The third-order valence-electron chi connectivity index (χ3n) is 2.38. The molecule has 2 rings (SSSR count). The van der Waals surface area contributed by atoms with Crippen LogP contribution in [0.1, 0.15) is 11.3 Å². The summed E-state index contributed by atoms with van der Waals surface area (Å²) in [4.78, 5) is 11.2. The van der Waals surface area contributed by atoms with Gasteiger partial charge >= 0.3 is 0 Å². The van der Waals surface area contributed by atoms with Crippen molar-refractivity contribution in [2.75, 3.05) is 7.11 Å². The van der Waals surface area contributed by atoms with Crippen molar-refractivity contribution in [2.45, 2.75) is 6.42 Å². The van der Waals surface area contributed by atoms with Crippen LogP contribution in [0.3, 0.4) is 0 Å². The van der Waals surface area contributed by atoms with E-state index in [4.69, 9.17) is 4.74 Å². The van der Waals surface area contributed by atoms with Crippen LogP contribution in [0.15, 0.2) is 39.6 Å². The molecule has 1 aromatic carbocycles. The lowest BCUT2D eigenvalue weighted by Gasteiger charge is -2.07. The zero-order valence-corrected chi connectivity index (χ0v) is 10.8. The second kappa shape index (κ2) is 5.14. The summed E-state index contributed by atoms with van der Waals surface area (Å²) in [5.41, 5.74) is 1.58. The Morgan fingerprint density at radius 2 is 2.18 bits per heavy atom. The number of nitrogens with zero attached hydrogens (tertiary/aromatic N) is 1. The van der Waals surface area contributed by atoms with E-state index >= 15 is 0 Å². The number of hydrogen-bond acceptors (Lipinski definition) is 3. The van der Waals surface area contributed by atoms with Gasteiger partial charge in [-0.3, -0.25) is 4.79 Å². The predicted molar refractivity (Wildman–Crippen MR) is 68.4 cm³/mol. The van der Waals surface area contributed by atoms with Gasteiger partial charge in [0.05, 0.1) is 17.3 Å². The van der Waals surface area contributed by atoms with Crippen molar-refractivity contribution in [3.63, 3.8) is 0 Å². The fourth-order valence-corrected chi connectivity index (χ4v) is 1.91. The third kappa shape index (κ3) is 2.74. The molecule has 0 unspecified atom stereocenters. The molecule has 0 aliphatic carbocycles. The quantitative estimate of drug-likeness (QED) is 0.943. The number of aromatic nitrogens is 2. The number of aromatic amines is 1. The van der Waals surface area contributed by atoms with E-state index in [2.05, 4.69) is 26.1 Å². The fraction of sp³-hybridized carbons (Fsp3) is 0.167. The molecule has 5 heteroatoms. The van der Waals surface area contributed by atoms with Gasteiger partial charge in [0.25, 0.3) is 5.56 Å². The lowest BCUT2D eigenvalue weighted by Crippen LogP contribution is -2.10.